The fraction of sp³-hybridized carbons (Fsp3) is 0.310. The Kier molecular flexibility index (Phi) is 7.59. The van der Waals surface area contributed by atoms with Gasteiger partial charge < -0.3 is 14.7 Å². The molecule has 3 atom stereocenters. The fourth-order valence-electron chi connectivity index (χ4n) is 5.31. The molecule has 0 saturated heterocycles. The lowest BCUT2D eigenvalue weighted by Gasteiger charge is -2.38. The van der Waals surface area contributed by atoms with E-state index in [0.717, 1.165) is 42.8 Å². The Hall–Kier alpha value is -3.50. The number of anilines is 2. The van der Waals surface area contributed by atoms with Gasteiger partial charge in [-0.2, -0.15) is 0 Å². The van der Waals surface area contributed by atoms with Crippen LogP contribution in [0.25, 0.3) is 0 Å². The average Bonchev–Trinajstić information content (AvgIpc) is 3.19. The van der Waals surface area contributed by atoms with Gasteiger partial charge in [-0.3, -0.25) is 4.72 Å². The Morgan fingerprint density at radius 2 is 1.56 bits per heavy atom. The number of fused-ring (bicyclic) bond motifs is 2. The van der Waals surface area contributed by atoms with E-state index in [0.29, 0.717) is 18.5 Å². The van der Waals surface area contributed by atoms with Crippen molar-refractivity contribution in [1.82, 2.24) is 4.72 Å². The number of allylic oxidation sites excluding steroid dienone is 1. The molecule has 1 heterocycles. The fourth-order valence-corrected chi connectivity index (χ4v) is 6.76. The van der Waals surface area contributed by atoms with Crippen molar-refractivity contribution in [1.29, 1.82) is 0 Å². The minimum Gasteiger partial charge on any atom is -0.406 e. The molecule has 1 unspecified atom stereocenters. The second-order valence-electron chi connectivity index (χ2n) is 9.56. The summed E-state index contributed by atoms with van der Waals surface area (Å²) in [7, 11) is -1.93. The largest absolute Gasteiger partial charge is 0.573 e. The number of nitrogens with zero attached hydrogens (tertiary/aromatic N) is 2. The molecular weight excluding hydrogens is 527 g/mol. The number of para-hydroxylation sites is 2. The minimum absolute atomic E-state index is 0.180. The number of rotatable bonds is 5. The van der Waals surface area contributed by atoms with E-state index in [4.69, 9.17) is 0 Å². The highest BCUT2D eigenvalue weighted by Gasteiger charge is 2.35. The first kappa shape index (κ1) is 27.1. The normalized spacial score (nSPS) is 20.8. The van der Waals surface area contributed by atoms with Crippen LogP contribution < -0.4 is 14.4 Å². The molecule has 39 heavy (non-hydrogen) atoms. The summed E-state index contributed by atoms with van der Waals surface area (Å²) >= 11 is 0. The quantitative estimate of drug-likeness (QED) is 0.387. The molecule has 0 radical (unpaired) electrons. The van der Waals surface area contributed by atoms with Gasteiger partial charge in [-0.05, 0) is 79.6 Å². The lowest BCUT2D eigenvalue weighted by molar-refractivity contribution is -0.274. The number of halogens is 3. The predicted octanol–water partition coefficient (Wildman–Crippen LogP) is 6.28. The third-order valence-electron chi connectivity index (χ3n) is 7.14. The summed E-state index contributed by atoms with van der Waals surface area (Å²) in [6.45, 7) is 0. The summed E-state index contributed by atoms with van der Waals surface area (Å²) in [5, 5.41) is 11.8. The zero-order valence-electron chi connectivity index (χ0n) is 21.4. The Morgan fingerprint density at radius 3 is 2.13 bits per heavy atom. The molecular formula is C29H30F3N3O3S. The number of aliphatic hydroxyl groups is 1. The van der Waals surface area contributed by atoms with Gasteiger partial charge in [-0.1, -0.05) is 42.5 Å². The van der Waals surface area contributed by atoms with Crippen LogP contribution in [0.4, 0.5) is 24.5 Å². The Balaban J connectivity index is 1.48. The van der Waals surface area contributed by atoms with Crippen molar-refractivity contribution >= 4 is 21.3 Å². The van der Waals surface area contributed by atoms with Crippen molar-refractivity contribution < 1.29 is 27.2 Å². The number of hydrogen-bond donors (Lipinski definition) is 2. The van der Waals surface area contributed by atoms with Crippen LogP contribution in [0.5, 0.6) is 5.75 Å². The van der Waals surface area contributed by atoms with E-state index >= 15 is 0 Å². The van der Waals surface area contributed by atoms with Crippen molar-refractivity contribution in [2.75, 3.05) is 11.9 Å². The SMILES string of the molecule is CN=S(=O)(NC1=CCCC[C@@H](N2c3ccccc3CCc3ccccc32)[C@H]1O)c1ccc(OC(F)(F)F)cc1. The molecule has 1 aliphatic heterocycles. The van der Waals surface area contributed by atoms with Crippen LogP contribution in [-0.4, -0.2) is 34.9 Å². The van der Waals surface area contributed by atoms with Gasteiger partial charge >= 0.3 is 6.36 Å². The smallest absolute Gasteiger partial charge is 0.406 e. The number of aliphatic hydroxyl groups excluding tert-OH is 1. The molecule has 0 fully saturated rings. The molecule has 6 nitrogen and oxygen atoms in total. The van der Waals surface area contributed by atoms with E-state index in [9.17, 15) is 22.5 Å². The van der Waals surface area contributed by atoms with Gasteiger partial charge in [0.15, 0.2) is 9.92 Å². The number of hydrogen-bond acceptors (Lipinski definition) is 5. The van der Waals surface area contributed by atoms with Crippen molar-refractivity contribution in [3.8, 4) is 5.75 Å². The van der Waals surface area contributed by atoms with Gasteiger partial charge in [0.25, 0.3) is 0 Å². The van der Waals surface area contributed by atoms with Gasteiger partial charge in [-0.25, -0.2) is 8.57 Å². The summed E-state index contributed by atoms with van der Waals surface area (Å²) < 4.78 is 62.6. The van der Waals surface area contributed by atoms with Crippen LogP contribution in [0.15, 0.2) is 93.8 Å². The second kappa shape index (κ2) is 10.9. The first-order valence-corrected chi connectivity index (χ1v) is 14.3. The van der Waals surface area contributed by atoms with Crippen LogP contribution in [0.2, 0.25) is 0 Å². The molecule has 2 N–H and O–H groups in total. The monoisotopic (exact) mass is 557 g/mol. The van der Waals surface area contributed by atoms with E-state index in [1.165, 1.54) is 30.3 Å². The summed E-state index contributed by atoms with van der Waals surface area (Å²) in [6.07, 6.45) is -0.0980. The van der Waals surface area contributed by atoms with Crippen molar-refractivity contribution in [3.05, 3.63) is 95.7 Å². The molecule has 206 valence electrons. The molecule has 10 heteroatoms. The first-order chi connectivity index (χ1) is 18.7. The van der Waals surface area contributed by atoms with Crippen molar-refractivity contribution in [2.24, 2.45) is 4.36 Å². The maximum atomic E-state index is 13.9. The van der Waals surface area contributed by atoms with Crippen molar-refractivity contribution in [2.45, 2.75) is 55.5 Å². The Bertz CT molecular complexity index is 1430. The molecule has 0 bridgehead atoms. The molecule has 0 aromatic heterocycles. The maximum absolute atomic E-state index is 13.9. The highest BCUT2D eigenvalue weighted by molar-refractivity contribution is 7.91. The van der Waals surface area contributed by atoms with E-state index in [1.807, 2.05) is 30.3 Å². The second-order valence-corrected chi connectivity index (χ2v) is 11.7. The van der Waals surface area contributed by atoms with Crippen LogP contribution >= 0.6 is 0 Å². The molecule has 0 saturated carbocycles. The third kappa shape index (κ3) is 5.77. The number of alkyl halides is 3. The van der Waals surface area contributed by atoms with E-state index in [1.54, 1.807) is 0 Å². The van der Waals surface area contributed by atoms with Gasteiger partial charge in [-0.15, -0.1) is 13.2 Å². The van der Waals surface area contributed by atoms with E-state index in [2.05, 4.69) is 43.0 Å². The standard InChI is InChI=1S/C29H30F3N3O3S/c1-33-39(37,23-18-16-22(17-19-23)38-29(30,31)32)34-24-10-4-7-13-27(28(24)36)35-25-11-5-2-8-20(25)14-15-21-9-3-6-12-26(21)35/h2-3,5-6,8-12,16-19,27-28,36H,4,7,13-15H2,1H3,(H,33,34,37)/t27-,28+,39?/m1/s1. The Morgan fingerprint density at radius 1 is 0.974 bits per heavy atom. The molecule has 5 rings (SSSR count). The van der Waals surface area contributed by atoms with Crippen LogP contribution in [-0.2, 0) is 22.8 Å². The third-order valence-corrected chi connectivity index (χ3v) is 9.08. The highest BCUT2D eigenvalue weighted by atomic mass is 32.2. The highest BCUT2D eigenvalue weighted by Crippen LogP contribution is 2.40. The summed E-state index contributed by atoms with van der Waals surface area (Å²) in [6, 6.07) is 20.8. The van der Waals surface area contributed by atoms with Gasteiger partial charge in [0.1, 0.15) is 11.9 Å². The molecule has 3 aromatic rings. The lowest BCUT2D eigenvalue weighted by Crippen LogP contribution is -2.45. The van der Waals surface area contributed by atoms with Crippen LogP contribution in [0, 0.1) is 0 Å². The zero-order valence-corrected chi connectivity index (χ0v) is 22.2. The van der Waals surface area contributed by atoms with Gasteiger partial charge in [0.2, 0.25) is 0 Å². The molecule has 3 aromatic carbocycles. The van der Waals surface area contributed by atoms with Crippen molar-refractivity contribution in [3.63, 3.8) is 0 Å². The topological polar surface area (TPSA) is 74.2 Å². The maximum Gasteiger partial charge on any atom is 0.573 e. The predicted molar refractivity (Wildman–Crippen MR) is 145 cm³/mol. The summed E-state index contributed by atoms with van der Waals surface area (Å²) in [4.78, 5) is 2.39. The van der Waals surface area contributed by atoms with Crippen LogP contribution in [0.1, 0.15) is 30.4 Å². The van der Waals surface area contributed by atoms with Gasteiger partial charge in [0, 0.05) is 18.4 Å². The summed E-state index contributed by atoms with van der Waals surface area (Å²) in [5.74, 6) is -0.420. The number of ether oxygens (including phenoxy) is 1. The zero-order chi connectivity index (χ0) is 27.6. The first-order valence-electron chi connectivity index (χ1n) is 12.8. The molecule has 0 amide bonds. The summed E-state index contributed by atoms with van der Waals surface area (Å²) in [5.41, 5.74) is 4.83. The minimum atomic E-state index is -4.83. The molecule has 2 aliphatic rings. The number of nitrogens with one attached hydrogen (secondary N) is 1. The van der Waals surface area contributed by atoms with Crippen LogP contribution in [0.3, 0.4) is 0 Å². The number of aryl methyl sites for hydroxylation is 2. The molecule has 0 spiro atoms. The van der Waals surface area contributed by atoms with Gasteiger partial charge in [0.05, 0.1) is 16.6 Å². The van der Waals surface area contributed by atoms with E-state index < -0.39 is 28.1 Å². The molecule has 1 aliphatic carbocycles. The lowest BCUT2D eigenvalue weighted by atomic mass is 10.00. The van der Waals surface area contributed by atoms with E-state index in [-0.39, 0.29) is 10.9 Å². The number of benzene rings is 3. The average molecular weight is 558 g/mol. The Labute approximate surface area is 226 Å².